The van der Waals surface area contributed by atoms with Gasteiger partial charge in [-0.3, -0.25) is 0 Å². The fraction of sp³-hybridized carbons (Fsp3) is 0.538. The number of nitrogens with two attached hydrogens (primary N) is 1. The molecule has 0 bridgehead atoms. The van der Waals surface area contributed by atoms with Crippen molar-refractivity contribution < 1.29 is 4.74 Å². The van der Waals surface area contributed by atoms with Crippen molar-refractivity contribution in [1.82, 2.24) is 0 Å². The lowest BCUT2D eigenvalue weighted by Crippen LogP contribution is -2.12. The molecule has 90 valence electrons. The van der Waals surface area contributed by atoms with Gasteiger partial charge in [0.15, 0.2) is 0 Å². The van der Waals surface area contributed by atoms with E-state index in [1.807, 2.05) is 18.2 Å². The lowest BCUT2D eigenvalue weighted by atomic mass is 9.98. The summed E-state index contributed by atoms with van der Waals surface area (Å²) in [6.45, 7) is 4.43. The first-order chi connectivity index (χ1) is 7.54. The highest BCUT2D eigenvalue weighted by molar-refractivity contribution is 9.10. The molecule has 0 saturated carbocycles. The topological polar surface area (TPSA) is 35.2 Å². The van der Waals surface area contributed by atoms with Crippen molar-refractivity contribution in [3.8, 4) is 5.75 Å². The van der Waals surface area contributed by atoms with Crippen LogP contribution in [0.15, 0.2) is 22.7 Å². The van der Waals surface area contributed by atoms with Gasteiger partial charge in [-0.2, -0.15) is 0 Å². The molecule has 0 saturated heterocycles. The fourth-order valence-electron chi connectivity index (χ4n) is 1.66. The van der Waals surface area contributed by atoms with Crippen molar-refractivity contribution in [2.24, 2.45) is 11.7 Å². The number of halogens is 1. The summed E-state index contributed by atoms with van der Waals surface area (Å²) in [5, 5.41) is 0. The van der Waals surface area contributed by atoms with E-state index < -0.39 is 0 Å². The van der Waals surface area contributed by atoms with E-state index >= 15 is 0 Å². The van der Waals surface area contributed by atoms with Gasteiger partial charge in [-0.15, -0.1) is 0 Å². The molecule has 1 aromatic carbocycles. The molecule has 0 amide bonds. The van der Waals surface area contributed by atoms with Gasteiger partial charge in [-0.1, -0.05) is 29.8 Å². The normalized spacial score (nSPS) is 12.9. The largest absolute Gasteiger partial charge is 0.496 e. The second-order valence-corrected chi connectivity index (χ2v) is 5.38. The van der Waals surface area contributed by atoms with Crippen LogP contribution in [0.5, 0.6) is 5.75 Å². The Labute approximate surface area is 106 Å². The Morgan fingerprint density at radius 2 is 2.00 bits per heavy atom. The van der Waals surface area contributed by atoms with Crippen LogP contribution < -0.4 is 10.5 Å². The Morgan fingerprint density at radius 3 is 2.56 bits per heavy atom. The monoisotopic (exact) mass is 285 g/mol. The van der Waals surface area contributed by atoms with Crippen LogP contribution in [-0.2, 0) is 0 Å². The highest BCUT2D eigenvalue weighted by atomic mass is 79.9. The summed E-state index contributed by atoms with van der Waals surface area (Å²) in [6.07, 6.45) is 2.13. The summed E-state index contributed by atoms with van der Waals surface area (Å²) in [5.41, 5.74) is 7.27. The molecule has 0 fully saturated rings. The molecule has 1 atom stereocenters. The molecule has 0 heterocycles. The molecule has 0 aliphatic carbocycles. The lowest BCUT2D eigenvalue weighted by Gasteiger charge is -2.17. The minimum absolute atomic E-state index is 0.0508. The Kier molecular flexibility index (Phi) is 5.29. The van der Waals surface area contributed by atoms with Gasteiger partial charge in [0.05, 0.1) is 7.11 Å². The molecule has 1 rings (SSSR count). The van der Waals surface area contributed by atoms with Crippen LogP contribution in [0.1, 0.15) is 38.3 Å². The molecule has 16 heavy (non-hydrogen) atoms. The second kappa shape index (κ2) is 6.26. The summed E-state index contributed by atoms with van der Waals surface area (Å²) < 4.78 is 6.37. The van der Waals surface area contributed by atoms with Crippen molar-refractivity contribution in [1.29, 1.82) is 0 Å². The Balaban J connectivity index is 2.80. The molecule has 3 heteroatoms. The van der Waals surface area contributed by atoms with Gasteiger partial charge < -0.3 is 10.5 Å². The first-order valence-corrected chi connectivity index (χ1v) is 6.43. The van der Waals surface area contributed by atoms with Gasteiger partial charge in [0, 0.05) is 16.1 Å². The molecular weight excluding hydrogens is 266 g/mol. The number of hydrogen-bond acceptors (Lipinski definition) is 2. The molecule has 2 nitrogen and oxygen atoms in total. The van der Waals surface area contributed by atoms with Gasteiger partial charge in [0.1, 0.15) is 5.75 Å². The summed E-state index contributed by atoms with van der Waals surface area (Å²) in [7, 11) is 1.68. The highest BCUT2D eigenvalue weighted by Gasteiger charge is 2.12. The molecule has 0 aliphatic heterocycles. The van der Waals surface area contributed by atoms with E-state index in [-0.39, 0.29) is 6.04 Å². The van der Waals surface area contributed by atoms with Crippen LogP contribution >= 0.6 is 15.9 Å². The van der Waals surface area contributed by atoms with Crippen molar-refractivity contribution in [2.45, 2.75) is 32.7 Å². The fourth-order valence-corrected chi connectivity index (χ4v) is 2.04. The van der Waals surface area contributed by atoms with Gasteiger partial charge >= 0.3 is 0 Å². The third kappa shape index (κ3) is 3.80. The smallest absolute Gasteiger partial charge is 0.123 e. The average molecular weight is 286 g/mol. The van der Waals surface area contributed by atoms with E-state index in [1.54, 1.807) is 7.11 Å². The number of methoxy groups -OCH3 is 1. The van der Waals surface area contributed by atoms with Crippen molar-refractivity contribution in [3.05, 3.63) is 28.2 Å². The van der Waals surface area contributed by atoms with E-state index in [2.05, 4.69) is 29.8 Å². The minimum Gasteiger partial charge on any atom is -0.496 e. The molecule has 0 aliphatic rings. The van der Waals surface area contributed by atoms with Gasteiger partial charge in [0.25, 0.3) is 0 Å². The van der Waals surface area contributed by atoms with Crippen LogP contribution in [-0.4, -0.2) is 7.11 Å². The van der Waals surface area contributed by atoms with Gasteiger partial charge in [-0.25, -0.2) is 0 Å². The maximum Gasteiger partial charge on any atom is 0.123 e. The number of rotatable bonds is 5. The van der Waals surface area contributed by atoms with Crippen LogP contribution in [0, 0.1) is 5.92 Å². The Morgan fingerprint density at radius 1 is 1.31 bits per heavy atom. The summed E-state index contributed by atoms with van der Waals surface area (Å²) >= 11 is 3.46. The maximum atomic E-state index is 6.19. The van der Waals surface area contributed by atoms with E-state index in [1.165, 1.54) is 0 Å². The zero-order valence-corrected chi connectivity index (χ0v) is 11.8. The van der Waals surface area contributed by atoms with Crippen molar-refractivity contribution in [2.75, 3.05) is 7.11 Å². The number of ether oxygens (including phenoxy) is 1. The Bertz CT molecular complexity index is 339. The first-order valence-electron chi connectivity index (χ1n) is 5.63. The highest BCUT2D eigenvalue weighted by Crippen LogP contribution is 2.30. The van der Waals surface area contributed by atoms with Gasteiger partial charge in [0.2, 0.25) is 0 Å². The molecule has 2 N–H and O–H groups in total. The predicted octanol–water partition coefficient (Wildman–Crippen LogP) is 3.89. The molecule has 0 aromatic heterocycles. The summed E-state index contributed by atoms with van der Waals surface area (Å²) in [6, 6.07) is 6.02. The maximum absolute atomic E-state index is 6.19. The first kappa shape index (κ1) is 13.5. The third-order valence-corrected chi connectivity index (χ3v) is 3.14. The van der Waals surface area contributed by atoms with E-state index in [4.69, 9.17) is 10.5 Å². The van der Waals surface area contributed by atoms with Crippen molar-refractivity contribution in [3.63, 3.8) is 0 Å². The van der Waals surface area contributed by atoms with Gasteiger partial charge in [-0.05, 0) is 37.0 Å². The molecule has 1 aromatic rings. The van der Waals surface area contributed by atoms with E-state index in [0.29, 0.717) is 5.92 Å². The zero-order valence-electron chi connectivity index (χ0n) is 10.2. The summed E-state index contributed by atoms with van der Waals surface area (Å²) in [4.78, 5) is 0. The van der Waals surface area contributed by atoms with Crippen LogP contribution in [0.3, 0.4) is 0 Å². The van der Waals surface area contributed by atoms with Crippen LogP contribution in [0.4, 0.5) is 0 Å². The minimum atomic E-state index is 0.0508. The Hall–Kier alpha value is -0.540. The predicted molar refractivity (Wildman–Crippen MR) is 71.7 cm³/mol. The van der Waals surface area contributed by atoms with Crippen LogP contribution in [0.2, 0.25) is 0 Å². The SMILES string of the molecule is COc1ccc(Br)cc1[C@@H](N)CCC(C)C. The standard InChI is InChI=1S/C13H20BrNO/c1-9(2)4-6-12(15)11-8-10(14)5-7-13(11)16-3/h5,7-9,12H,4,6,15H2,1-3H3/t12-/m0/s1. The molecule has 0 radical (unpaired) electrons. The lowest BCUT2D eigenvalue weighted by molar-refractivity contribution is 0.401. The van der Waals surface area contributed by atoms with E-state index in [9.17, 15) is 0 Å². The van der Waals surface area contributed by atoms with Crippen molar-refractivity contribution >= 4 is 15.9 Å². The number of hydrogen-bond donors (Lipinski definition) is 1. The zero-order chi connectivity index (χ0) is 12.1. The van der Waals surface area contributed by atoms with Crippen LogP contribution in [0.25, 0.3) is 0 Å². The van der Waals surface area contributed by atoms with E-state index in [0.717, 1.165) is 28.6 Å². The summed E-state index contributed by atoms with van der Waals surface area (Å²) in [5.74, 6) is 1.56. The molecule has 0 unspecified atom stereocenters. The third-order valence-electron chi connectivity index (χ3n) is 2.65. The average Bonchev–Trinajstić information content (AvgIpc) is 2.25. The molecule has 0 spiro atoms. The molecular formula is C13H20BrNO. The second-order valence-electron chi connectivity index (χ2n) is 4.46. The number of benzene rings is 1. The quantitative estimate of drug-likeness (QED) is 0.891.